The van der Waals surface area contributed by atoms with Gasteiger partial charge < -0.3 is 9.47 Å². The van der Waals surface area contributed by atoms with Crippen molar-refractivity contribution < 1.29 is 9.47 Å². The van der Waals surface area contributed by atoms with Crippen molar-refractivity contribution in [2.24, 2.45) is 0 Å². The number of para-hydroxylation sites is 2. The first-order valence-electron chi connectivity index (χ1n) is 22.7. The third-order valence-electron chi connectivity index (χ3n) is 12.8. The van der Waals surface area contributed by atoms with Gasteiger partial charge in [-0.05, 0) is 101 Å². The Hall–Kier alpha value is -8.30. The highest BCUT2D eigenvalue weighted by atomic mass is 16.5. The molecule has 12 aromatic rings. The average molecular weight is 874 g/mol. The van der Waals surface area contributed by atoms with E-state index >= 15 is 0 Å². The summed E-state index contributed by atoms with van der Waals surface area (Å²) in [5.74, 6) is 5.10. The van der Waals surface area contributed by atoms with Gasteiger partial charge in [-0.3, -0.25) is 13.7 Å². The van der Waals surface area contributed by atoms with Gasteiger partial charge in [-0.15, -0.1) is 0 Å². The van der Waals surface area contributed by atoms with Crippen LogP contribution in [0.3, 0.4) is 0 Å². The van der Waals surface area contributed by atoms with Crippen molar-refractivity contribution in [3.05, 3.63) is 188 Å². The number of hydrogen-bond acceptors (Lipinski definition) is 6. The summed E-state index contributed by atoms with van der Waals surface area (Å²) in [6, 6.07) is 52.2. The minimum Gasteiger partial charge on any atom is -0.457 e. The van der Waals surface area contributed by atoms with Crippen LogP contribution in [0.1, 0.15) is 52.7 Å². The number of benzene rings is 6. The number of rotatable bonds is 7. The van der Waals surface area contributed by atoms with E-state index in [1.807, 2.05) is 54.9 Å². The molecule has 0 aliphatic rings. The summed E-state index contributed by atoms with van der Waals surface area (Å²) in [5.41, 5.74) is 8.10. The highest BCUT2D eigenvalue weighted by Gasteiger charge is 2.27. The molecule has 9 nitrogen and oxygen atoms in total. The van der Waals surface area contributed by atoms with Gasteiger partial charge in [0.1, 0.15) is 34.6 Å². The summed E-state index contributed by atoms with van der Waals surface area (Å²) in [7, 11) is 0. The second-order valence-electron chi connectivity index (χ2n) is 19.3. The van der Waals surface area contributed by atoms with E-state index in [-0.39, 0.29) is 10.8 Å². The molecular weight excluding hydrogens is 827 g/mol. The van der Waals surface area contributed by atoms with Crippen LogP contribution in [0, 0.1) is 0 Å². The molecule has 0 aliphatic heterocycles. The summed E-state index contributed by atoms with van der Waals surface area (Å²) in [6.45, 7) is 13.5. The minimum absolute atomic E-state index is 0.185. The molecule has 326 valence electrons. The maximum Gasteiger partial charge on any atom is 0.234 e. The Morgan fingerprint density at radius 3 is 1.19 bits per heavy atom. The van der Waals surface area contributed by atoms with E-state index < -0.39 is 0 Å². The number of pyridine rings is 2. The van der Waals surface area contributed by atoms with Crippen molar-refractivity contribution in [3.8, 4) is 40.6 Å². The molecule has 67 heavy (non-hydrogen) atoms. The first kappa shape index (κ1) is 40.2. The molecule has 0 saturated carbocycles. The summed E-state index contributed by atoms with van der Waals surface area (Å²) < 4.78 is 20.4. The third-order valence-corrected chi connectivity index (χ3v) is 12.8. The Morgan fingerprint density at radius 1 is 0.343 bits per heavy atom. The molecule has 0 N–H and O–H groups in total. The van der Waals surface area contributed by atoms with Crippen LogP contribution in [0.2, 0.25) is 0 Å². The molecule has 0 spiro atoms. The zero-order valence-electron chi connectivity index (χ0n) is 38.2. The molecule has 0 unspecified atom stereocenters. The van der Waals surface area contributed by atoms with E-state index in [9.17, 15) is 0 Å². The van der Waals surface area contributed by atoms with Gasteiger partial charge in [0, 0.05) is 81.4 Å². The molecule has 0 saturated heterocycles. The smallest absolute Gasteiger partial charge is 0.234 e. The number of fused-ring (bicyclic) bond motifs is 9. The molecule has 6 heterocycles. The molecule has 0 aliphatic carbocycles. The molecule has 6 aromatic carbocycles. The topological polar surface area (TPSA) is 84.8 Å². The van der Waals surface area contributed by atoms with E-state index in [1.54, 1.807) is 12.4 Å². The molecule has 0 fully saturated rings. The Morgan fingerprint density at radius 2 is 0.761 bits per heavy atom. The van der Waals surface area contributed by atoms with Gasteiger partial charge in [-0.2, -0.15) is 0 Å². The lowest BCUT2D eigenvalue weighted by Gasteiger charge is -2.22. The quantitative estimate of drug-likeness (QED) is 0.159. The monoisotopic (exact) mass is 873 g/mol. The van der Waals surface area contributed by atoms with Crippen molar-refractivity contribution in [1.82, 2.24) is 33.6 Å². The maximum absolute atomic E-state index is 6.92. The maximum atomic E-state index is 6.92. The van der Waals surface area contributed by atoms with Crippen LogP contribution in [0.15, 0.2) is 176 Å². The molecule has 0 radical (unpaired) electrons. The van der Waals surface area contributed by atoms with Crippen molar-refractivity contribution in [2.75, 3.05) is 0 Å². The van der Waals surface area contributed by atoms with Gasteiger partial charge in [-0.25, -0.2) is 19.9 Å². The van der Waals surface area contributed by atoms with E-state index in [1.165, 1.54) is 32.7 Å². The normalized spacial score (nSPS) is 12.3. The number of aromatic nitrogens is 7. The van der Waals surface area contributed by atoms with Gasteiger partial charge in [0.2, 0.25) is 5.95 Å². The van der Waals surface area contributed by atoms with Gasteiger partial charge in [0.15, 0.2) is 0 Å². The van der Waals surface area contributed by atoms with E-state index in [0.717, 1.165) is 67.0 Å². The Balaban J connectivity index is 1.00. The minimum atomic E-state index is -0.185. The van der Waals surface area contributed by atoms with E-state index in [2.05, 4.69) is 164 Å². The first-order chi connectivity index (χ1) is 32.5. The molecule has 0 bridgehead atoms. The van der Waals surface area contributed by atoms with E-state index in [4.69, 9.17) is 29.4 Å². The third kappa shape index (κ3) is 6.68. The summed E-state index contributed by atoms with van der Waals surface area (Å²) >= 11 is 0. The van der Waals surface area contributed by atoms with Crippen LogP contribution >= 0.6 is 0 Å². The van der Waals surface area contributed by atoms with Gasteiger partial charge >= 0.3 is 0 Å². The fourth-order valence-corrected chi connectivity index (χ4v) is 9.91. The fraction of sp³-hybridized carbons (Fsp3) is 0.138. The predicted octanol–water partition coefficient (Wildman–Crippen LogP) is 14.7. The standard InChI is InChI=1S/C58H47N7O2/c1-57(2,3)44-30-38(34-50-54(44)42-16-7-9-18-46(42)63(50)52-20-11-13-26-59-52)66-36-22-24-40-41-25-23-37(33-49(41)65(48(40)32-36)56-61-28-15-29-62-56)67-39-31-45(58(4,5)6)55-43-17-8-10-19-47(43)64(51(55)35-39)53-21-12-14-27-60-53/h7-35H,1-6H3. The number of hydrogen-bond donors (Lipinski definition) is 0. The lowest BCUT2D eigenvalue weighted by molar-refractivity contribution is 0.480. The van der Waals surface area contributed by atoms with Gasteiger partial charge in [0.05, 0.1) is 33.1 Å². The first-order valence-corrected chi connectivity index (χ1v) is 22.7. The number of ether oxygens (including phenoxy) is 2. The zero-order valence-corrected chi connectivity index (χ0v) is 38.2. The summed E-state index contributed by atoms with van der Waals surface area (Å²) in [6.07, 6.45) is 7.23. The highest BCUT2D eigenvalue weighted by molar-refractivity contribution is 6.13. The molecule has 0 atom stereocenters. The SMILES string of the molecule is CC(C)(C)c1cc(Oc2ccc3c4ccc(Oc5cc(C(C)(C)C)c6c7ccccc7n(-c7ccccn7)c6c5)cc4n(-c4ncccn4)c3c2)cc2c1c1ccccc1n2-c1ccccn1. The molecule has 9 heteroatoms. The lowest BCUT2D eigenvalue weighted by atomic mass is 9.84. The largest absolute Gasteiger partial charge is 0.457 e. The molecule has 0 amide bonds. The Kier molecular flexibility index (Phi) is 9.09. The second-order valence-corrected chi connectivity index (χ2v) is 19.3. The van der Waals surface area contributed by atoms with Crippen molar-refractivity contribution in [2.45, 2.75) is 52.4 Å². The lowest BCUT2D eigenvalue weighted by Crippen LogP contribution is -2.12. The van der Waals surface area contributed by atoms with Crippen molar-refractivity contribution in [3.63, 3.8) is 0 Å². The van der Waals surface area contributed by atoms with Crippen molar-refractivity contribution >= 4 is 65.4 Å². The number of nitrogens with zero attached hydrogens (tertiary/aromatic N) is 7. The molecule has 12 rings (SSSR count). The predicted molar refractivity (Wildman–Crippen MR) is 271 cm³/mol. The highest BCUT2D eigenvalue weighted by Crippen LogP contribution is 2.45. The van der Waals surface area contributed by atoms with Gasteiger partial charge in [-0.1, -0.05) is 90.1 Å². The molecular formula is C58H47N7O2. The molecule has 6 aromatic heterocycles. The van der Waals surface area contributed by atoms with Crippen LogP contribution in [0.25, 0.3) is 83.0 Å². The average Bonchev–Trinajstić information content (AvgIpc) is 3.96. The summed E-state index contributed by atoms with van der Waals surface area (Å²) in [4.78, 5) is 19.1. The van der Waals surface area contributed by atoms with Crippen LogP contribution in [0.4, 0.5) is 0 Å². The second kappa shape index (κ2) is 15.1. The Bertz CT molecular complexity index is 3640. The van der Waals surface area contributed by atoms with Crippen LogP contribution < -0.4 is 9.47 Å². The summed E-state index contributed by atoms with van der Waals surface area (Å²) in [5, 5.41) is 6.83. The zero-order chi connectivity index (χ0) is 45.6. The van der Waals surface area contributed by atoms with Crippen LogP contribution in [-0.4, -0.2) is 33.6 Å². The van der Waals surface area contributed by atoms with E-state index in [0.29, 0.717) is 17.4 Å². The van der Waals surface area contributed by atoms with Crippen LogP contribution in [-0.2, 0) is 10.8 Å². The Labute approximate surface area is 387 Å². The van der Waals surface area contributed by atoms with Gasteiger partial charge in [0.25, 0.3) is 0 Å². The fourth-order valence-electron chi connectivity index (χ4n) is 9.91. The van der Waals surface area contributed by atoms with Crippen LogP contribution in [0.5, 0.6) is 23.0 Å². The van der Waals surface area contributed by atoms with Crippen molar-refractivity contribution in [1.29, 1.82) is 0 Å².